The Hall–Kier alpha value is -1.89. The number of amides is 2. The molecule has 1 saturated heterocycles. The summed E-state index contributed by atoms with van der Waals surface area (Å²) in [6.45, 7) is 0.392. The smallest absolute Gasteiger partial charge is 0.328 e. The quantitative estimate of drug-likeness (QED) is 0.579. The fourth-order valence-electron chi connectivity index (χ4n) is 4.32. The number of piperidine rings is 1. The number of ether oxygens (including phenoxy) is 1. The maximum absolute atomic E-state index is 14.7. The van der Waals surface area contributed by atoms with Crippen molar-refractivity contribution in [1.82, 2.24) is 10.2 Å². The van der Waals surface area contributed by atoms with Crippen LogP contribution in [0.5, 0.6) is 0 Å². The van der Waals surface area contributed by atoms with E-state index in [1.807, 2.05) is 0 Å². The van der Waals surface area contributed by atoms with Gasteiger partial charge in [0, 0.05) is 12.1 Å². The Labute approximate surface area is 168 Å². The number of esters is 1. The van der Waals surface area contributed by atoms with E-state index >= 15 is 0 Å². The first kappa shape index (κ1) is 20.8. The number of halogens is 3. The molecule has 2 aliphatic rings. The van der Waals surface area contributed by atoms with Crippen molar-refractivity contribution in [3.63, 3.8) is 0 Å². The lowest BCUT2D eigenvalue weighted by molar-refractivity contribution is -0.146. The highest BCUT2D eigenvalue weighted by Gasteiger charge is 2.37. The maximum Gasteiger partial charge on any atom is 0.328 e. The van der Waals surface area contributed by atoms with Crippen molar-refractivity contribution < 1.29 is 23.1 Å². The average molecular weight is 415 g/mol. The van der Waals surface area contributed by atoms with Gasteiger partial charge in [-0.1, -0.05) is 24.4 Å². The molecule has 1 N–H and O–H groups in total. The van der Waals surface area contributed by atoms with Gasteiger partial charge in [0.2, 0.25) is 0 Å². The molecule has 0 radical (unpaired) electrons. The fourth-order valence-corrected chi connectivity index (χ4v) is 4.48. The van der Waals surface area contributed by atoms with Gasteiger partial charge in [-0.15, -0.1) is 0 Å². The standard InChI is InChI=1S/C20H25ClF2N2O3/c1-28-19(26)15-8-4-5-11-25(15)20(27)24-18(12-6-2-3-7-12)16-14(22)10-9-13(21)17(16)23/h9-10,12,15,18H,2-8,11H2,1H3,(H,24,27)/t15?,18-/m0/s1. The van der Waals surface area contributed by atoms with Gasteiger partial charge in [-0.25, -0.2) is 18.4 Å². The molecular formula is C20H25ClF2N2O3. The summed E-state index contributed by atoms with van der Waals surface area (Å²) < 4.78 is 34.1. The highest BCUT2D eigenvalue weighted by atomic mass is 35.5. The molecule has 1 aromatic rings. The first-order valence-corrected chi connectivity index (χ1v) is 10.1. The van der Waals surface area contributed by atoms with Crippen molar-refractivity contribution in [2.75, 3.05) is 13.7 Å². The first-order chi connectivity index (χ1) is 13.4. The van der Waals surface area contributed by atoms with Crippen LogP contribution < -0.4 is 5.32 Å². The van der Waals surface area contributed by atoms with Crippen LogP contribution in [0, 0.1) is 17.6 Å². The Kier molecular flexibility index (Phi) is 6.75. The second-order valence-corrected chi connectivity index (χ2v) is 7.86. The van der Waals surface area contributed by atoms with Gasteiger partial charge in [-0.3, -0.25) is 0 Å². The minimum atomic E-state index is -0.845. The van der Waals surface area contributed by atoms with Crippen molar-refractivity contribution in [3.05, 3.63) is 34.4 Å². The Morgan fingerprint density at radius 3 is 2.54 bits per heavy atom. The Bertz CT molecular complexity index is 740. The molecule has 1 aromatic carbocycles. The van der Waals surface area contributed by atoms with E-state index in [-0.39, 0.29) is 16.5 Å². The van der Waals surface area contributed by atoms with Crippen molar-refractivity contribution in [1.29, 1.82) is 0 Å². The van der Waals surface area contributed by atoms with Crippen molar-refractivity contribution in [3.8, 4) is 0 Å². The topological polar surface area (TPSA) is 58.6 Å². The molecule has 1 heterocycles. The molecule has 2 amide bonds. The molecule has 2 fully saturated rings. The number of carbonyl (C=O) groups is 2. The average Bonchev–Trinajstić information content (AvgIpc) is 3.24. The molecule has 1 aliphatic heterocycles. The van der Waals surface area contributed by atoms with E-state index in [4.69, 9.17) is 16.3 Å². The van der Waals surface area contributed by atoms with Gasteiger partial charge in [0.25, 0.3) is 0 Å². The third kappa shape index (κ3) is 4.24. The lowest BCUT2D eigenvalue weighted by Crippen LogP contribution is -2.53. The number of hydrogen-bond donors (Lipinski definition) is 1. The summed E-state index contributed by atoms with van der Waals surface area (Å²) in [5, 5.41) is 2.62. The molecule has 0 aromatic heterocycles. The monoisotopic (exact) mass is 414 g/mol. The number of nitrogens with one attached hydrogen (secondary N) is 1. The molecule has 3 rings (SSSR count). The highest BCUT2D eigenvalue weighted by molar-refractivity contribution is 6.30. The molecule has 154 valence electrons. The minimum absolute atomic E-state index is 0.0900. The van der Waals surface area contributed by atoms with Crippen LogP contribution in [0.4, 0.5) is 13.6 Å². The highest BCUT2D eigenvalue weighted by Crippen LogP contribution is 2.39. The van der Waals surface area contributed by atoms with Crippen LogP contribution in [0.2, 0.25) is 5.02 Å². The molecule has 5 nitrogen and oxygen atoms in total. The zero-order chi connectivity index (χ0) is 20.3. The van der Waals surface area contributed by atoms with E-state index in [1.165, 1.54) is 18.1 Å². The molecule has 1 aliphatic carbocycles. The molecule has 0 bridgehead atoms. The molecule has 8 heteroatoms. The first-order valence-electron chi connectivity index (χ1n) is 9.72. The predicted molar refractivity (Wildman–Crippen MR) is 101 cm³/mol. The summed E-state index contributed by atoms with van der Waals surface area (Å²) in [5.74, 6) is -2.15. The third-order valence-electron chi connectivity index (χ3n) is 5.78. The van der Waals surface area contributed by atoms with Crippen LogP contribution >= 0.6 is 11.6 Å². The number of methoxy groups -OCH3 is 1. The lowest BCUT2D eigenvalue weighted by atomic mass is 9.90. The number of urea groups is 1. The van der Waals surface area contributed by atoms with E-state index < -0.39 is 35.7 Å². The molecule has 1 unspecified atom stereocenters. The number of benzene rings is 1. The number of nitrogens with zero attached hydrogens (tertiary/aromatic N) is 1. The number of rotatable bonds is 4. The molecular weight excluding hydrogens is 390 g/mol. The predicted octanol–water partition coefficient (Wildman–Crippen LogP) is 4.59. The van der Waals surface area contributed by atoms with Gasteiger partial charge < -0.3 is 15.0 Å². The second-order valence-electron chi connectivity index (χ2n) is 7.46. The normalized spacial score (nSPS) is 21.4. The minimum Gasteiger partial charge on any atom is -0.467 e. The van der Waals surface area contributed by atoms with Crippen LogP contribution in [-0.2, 0) is 9.53 Å². The van der Waals surface area contributed by atoms with Crippen LogP contribution in [0.15, 0.2) is 12.1 Å². The molecule has 0 spiro atoms. The van der Waals surface area contributed by atoms with Crippen LogP contribution in [-0.4, -0.2) is 36.6 Å². The molecule has 28 heavy (non-hydrogen) atoms. The Balaban J connectivity index is 1.89. The van der Waals surface area contributed by atoms with E-state index in [2.05, 4.69) is 5.32 Å². The van der Waals surface area contributed by atoms with Gasteiger partial charge in [-0.05, 0) is 50.2 Å². The van der Waals surface area contributed by atoms with E-state index in [1.54, 1.807) is 0 Å². The van der Waals surface area contributed by atoms with Crippen LogP contribution in [0.25, 0.3) is 0 Å². The summed E-state index contributed by atoms with van der Waals surface area (Å²) in [6.07, 6.45) is 5.48. The van der Waals surface area contributed by atoms with E-state index in [0.29, 0.717) is 13.0 Å². The second kappa shape index (κ2) is 9.07. The Morgan fingerprint density at radius 1 is 1.18 bits per heavy atom. The van der Waals surface area contributed by atoms with Gasteiger partial charge in [0.1, 0.15) is 17.7 Å². The van der Waals surface area contributed by atoms with E-state index in [0.717, 1.165) is 44.6 Å². The zero-order valence-corrected chi connectivity index (χ0v) is 16.6. The number of carbonyl (C=O) groups excluding carboxylic acids is 2. The van der Waals surface area contributed by atoms with Crippen LogP contribution in [0.1, 0.15) is 56.6 Å². The maximum atomic E-state index is 14.7. The van der Waals surface area contributed by atoms with E-state index in [9.17, 15) is 18.4 Å². The van der Waals surface area contributed by atoms with Crippen molar-refractivity contribution in [2.45, 2.75) is 57.0 Å². The molecule has 1 saturated carbocycles. The van der Waals surface area contributed by atoms with Gasteiger partial charge in [0.15, 0.2) is 0 Å². The Morgan fingerprint density at radius 2 is 1.86 bits per heavy atom. The largest absolute Gasteiger partial charge is 0.467 e. The summed E-state index contributed by atoms with van der Waals surface area (Å²) in [4.78, 5) is 26.5. The summed E-state index contributed by atoms with van der Waals surface area (Å²) >= 11 is 5.88. The lowest BCUT2D eigenvalue weighted by Gasteiger charge is -2.36. The van der Waals surface area contributed by atoms with Gasteiger partial charge in [0.05, 0.1) is 18.2 Å². The van der Waals surface area contributed by atoms with Crippen molar-refractivity contribution in [2.24, 2.45) is 5.92 Å². The number of hydrogen-bond acceptors (Lipinski definition) is 3. The SMILES string of the molecule is COC(=O)C1CCCCN1C(=O)N[C@H](c1c(F)ccc(Cl)c1F)C1CCCC1. The fraction of sp³-hybridized carbons (Fsp3) is 0.600. The third-order valence-corrected chi connectivity index (χ3v) is 6.07. The molecule has 2 atom stereocenters. The van der Waals surface area contributed by atoms with Gasteiger partial charge in [-0.2, -0.15) is 0 Å². The summed E-state index contributed by atoms with van der Waals surface area (Å²) in [6, 6.07) is 0.255. The number of likely N-dealkylation sites (tertiary alicyclic amines) is 1. The summed E-state index contributed by atoms with van der Waals surface area (Å²) in [7, 11) is 1.28. The zero-order valence-electron chi connectivity index (χ0n) is 15.8. The van der Waals surface area contributed by atoms with Crippen LogP contribution in [0.3, 0.4) is 0 Å². The summed E-state index contributed by atoms with van der Waals surface area (Å²) in [5.41, 5.74) is -0.209. The van der Waals surface area contributed by atoms with Gasteiger partial charge >= 0.3 is 12.0 Å². The van der Waals surface area contributed by atoms with Crippen molar-refractivity contribution >= 4 is 23.6 Å².